The predicted octanol–water partition coefficient (Wildman–Crippen LogP) is 3.88. The Morgan fingerprint density at radius 3 is 2.52 bits per heavy atom. The van der Waals surface area contributed by atoms with Crippen LogP contribution in [0.25, 0.3) is 0 Å². The van der Waals surface area contributed by atoms with Gasteiger partial charge in [0.2, 0.25) is 0 Å². The summed E-state index contributed by atoms with van der Waals surface area (Å²) < 4.78 is 6.15. The second-order valence-corrected chi connectivity index (χ2v) is 7.01. The molecule has 1 aromatic carbocycles. The van der Waals surface area contributed by atoms with Gasteiger partial charge in [-0.3, -0.25) is 0 Å². The Kier molecular flexibility index (Phi) is 3.18. The van der Waals surface area contributed by atoms with Crippen molar-refractivity contribution in [2.45, 2.75) is 39.7 Å². The molecule has 0 aromatic heterocycles. The summed E-state index contributed by atoms with van der Waals surface area (Å²) in [5.41, 5.74) is 1.18. The van der Waals surface area contributed by atoms with Gasteiger partial charge in [-0.25, -0.2) is 0 Å². The first kappa shape index (κ1) is 14.0. The summed E-state index contributed by atoms with van der Waals surface area (Å²) in [4.78, 5) is 0. The van der Waals surface area contributed by atoms with Crippen LogP contribution in [-0.4, -0.2) is 6.10 Å². The van der Waals surface area contributed by atoms with Crippen LogP contribution in [0, 0.1) is 45.8 Å². The van der Waals surface area contributed by atoms with Crippen molar-refractivity contribution in [1.29, 1.82) is 10.5 Å². The van der Waals surface area contributed by atoms with Gasteiger partial charge in [0.05, 0.1) is 5.56 Å². The molecule has 0 unspecified atom stereocenters. The largest absolute Gasteiger partial charge is 0.489 e. The van der Waals surface area contributed by atoms with E-state index in [0.29, 0.717) is 40.0 Å². The lowest BCUT2D eigenvalue weighted by Crippen LogP contribution is -2.58. The highest BCUT2D eigenvalue weighted by Crippen LogP contribution is 2.61. The van der Waals surface area contributed by atoms with Crippen molar-refractivity contribution in [3.63, 3.8) is 0 Å². The zero-order valence-electron chi connectivity index (χ0n) is 12.8. The fourth-order valence-electron chi connectivity index (χ4n) is 4.26. The average Bonchev–Trinajstić information content (AvgIpc) is 2.48. The van der Waals surface area contributed by atoms with E-state index < -0.39 is 0 Å². The van der Waals surface area contributed by atoms with Gasteiger partial charge in [-0.15, -0.1) is 0 Å². The average molecular weight is 280 g/mol. The highest BCUT2D eigenvalue weighted by Gasteiger charge is 2.57. The third-order valence-corrected chi connectivity index (χ3v) is 5.82. The van der Waals surface area contributed by atoms with E-state index in [9.17, 15) is 5.26 Å². The van der Waals surface area contributed by atoms with Crippen LogP contribution in [0.3, 0.4) is 0 Å². The molecule has 4 rings (SSSR count). The van der Waals surface area contributed by atoms with Crippen LogP contribution in [-0.2, 0) is 0 Å². The molecule has 3 saturated carbocycles. The van der Waals surface area contributed by atoms with Crippen LogP contribution in [0.1, 0.15) is 44.7 Å². The van der Waals surface area contributed by atoms with Gasteiger partial charge in [0.1, 0.15) is 29.6 Å². The first-order valence-electron chi connectivity index (χ1n) is 7.59. The quantitative estimate of drug-likeness (QED) is 0.826. The van der Waals surface area contributed by atoms with E-state index in [1.807, 2.05) is 0 Å². The van der Waals surface area contributed by atoms with E-state index in [2.05, 4.69) is 32.9 Å². The molecule has 0 heterocycles. The highest BCUT2D eigenvalue weighted by atomic mass is 16.5. The van der Waals surface area contributed by atoms with Crippen molar-refractivity contribution in [2.24, 2.45) is 23.2 Å². The molecule has 1 aromatic rings. The minimum absolute atomic E-state index is 0.155. The number of nitriles is 2. The van der Waals surface area contributed by atoms with Gasteiger partial charge in [0.25, 0.3) is 0 Å². The standard InChI is InChI=1S/C18H20N2O/c1-11-15-7-13(18(15,2)3)8-17(11)21-16-6-4-5-12(9-19)14(16)10-20/h4-6,11,13,15,17H,7-8H2,1-3H3/t11-,13+,15+,17-/m0/s1. The van der Waals surface area contributed by atoms with E-state index in [1.54, 1.807) is 18.2 Å². The molecule has 3 aliphatic rings. The lowest BCUT2D eigenvalue weighted by molar-refractivity contribution is -0.147. The molecule has 0 aliphatic heterocycles. The van der Waals surface area contributed by atoms with Crippen molar-refractivity contribution in [1.82, 2.24) is 0 Å². The van der Waals surface area contributed by atoms with E-state index in [0.717, 1.165) is 6.42 Å². The number of nitrogens with zero attached hydrogens (tertiary/aromatic N) is 2. The van der Waals surface area contributed by atoms with Crippen LogP contribution in [0.5, 0.6) is 5.75 Å². The van der Waals surface area contributed by atoms with E-state index >= 15 is 0 Å². The summed E-state index contributed by atoms with van der Waals surface area (Å²) in [5.74, 6) is 2.47. The zero-order valence-corrected chi connectivity index (χ0v) is 12.8. The first-order chi connectivity index (χ1) is 9.98. The number of hydrogen-bond donors (Lipinski definition) is 0. The van der Waals surface area contributed by atoms with Gasteiger partial charge in [0.15, 0.2) is 0 Å². The Labute approximate surface area is 126 Å². The summed E-state index contributed by atoms with van der Waals surface area (Å²) in [6.07, 6.45) is 2.51. The minimum atomic E-state index is 0.155. The van der Waals surface area contributed by atoms with Crippen LogP contribution in [0.2, 0.25) is 0 Å². The Morgan fingerprint density at radius 1 is 1.19 bits per heavy atom. The summed E-state index contributed by atoms with van der Waals surface area (Å²) in [6.45, 7) is 6.97. The SMILES string of the molecule is C[C@@H]1[C@@H](Oc2cccc(C#N)c2C#N)C[C@H]2C[C@H]1C2(C)C. The molecule has 108 valence electrons. The minimum Gasteiger partial charge on any atom is -0.489 e. The van der Waals surface area contributed by atoms with Crippen molar-refractivity contribution in [3.05, 3.63) is 29.3 Å². The predicted molar refractivity (Wildman–Crippen MR) is 79.4 cm³/mol. The molecule has 4 atom stereocenters. The fraction of sp³-hybridized carbons (Fsp3) is 0.556. The summed E-state index contributed by atoms with van der Waals surface area (Å²) in [7, 11) is 0. The van der Waals surface area contributed by atoms with Crippen LogP contribution < -0.4 is 4.74 Å². The van der Waals surface area contributed by atoms with Crippen molar-refractivity contribution < 1.29 is 4.74 Å². The molecule has 2 bridgehead atoms. The number of ether oxygens (including phenoxy) is 1. The maximum atomic E-state index is 9.29. The van der Waals surface area contributed by atoms with Gasteiger partial charge in [0, 0.05) is 0 Å². The smallest absolute Gasteiger partial charge is 0.138 e. The van der Waals surface area contributed by atoms with E-state index in [1.165, 1.54) is 6.42 Å². The van der Waals surface area contributed by atoms with Crippen LogP contribution in [0.4, 0.5) is 0 Å². The Balaban J connectivity index is 1.84. The van der Waals surface area contributed by atoms with E-state index in [4.69, 9.17) is 10.00 Å². The molecular weight excluding hydrogens is 260 g/mol. The van der Waals surface area contributed by atoms with Gasteiger partial charge in [-0.05, 0) is 48.1 Å². The maximum absolute atomic E-state index is 9.29. The monoisotopic (exact) mass is 280 g/mol. The Hall–Kier alpha value is -2.00. The van der Waals surface area contributed by atoms with Gasteiger partial charge in [-0.2, -0.15) is 10.5 Å². The van der Waals surface area contributed by atoms with Crippen molar-refractivity contribution in [3.8, 4) is 17.9 Å². The number of rotatable bonds is 2. The lowest BCUT2D eigenvalue weighted by atomic mass is 9.45. The maximum Gasteiger partial charge on any atom is 0.138 e. The van der Waals surface area contributed by atoms with Crippen molar-refractivity contribution >= 4 is 0 Å². The Bertz CT molecular complexity index is 650. The van der Waals surface area contributed by atoms with Crippen molar-refractivity contribution in [2.75, 3.05) is 0 Å². The fourth-order valence-corrected chi connectivity index (χ4v) is 4.26. The highest BCUT2D eigenvalue weighted by molar-refractivity contribution is 5.53. The second kappa shape index (κ2) is 4.78. The number of benzene rings is 1. The molecular formula is C18H20N2O. The molecule has 0 N–H and O–H groups in total. The molecule has 0 saturated heterocycles. The topological polar surface area (TPSA) is 56.8 Å². The van der Waals surface area contributed by atoms with Gasteiger partial charge in [-0.1, -0.05) is 26.8 Å². The molecule has 3 aliphatic carbocycles. The molecule has 3 nitrogen and oxygen atoms in total. The normalized spacial score (nSPS) is 32.4. The third-order valence-electron chi connectivity index (χ3n) is 5.82. The first-order valence-corrected chi connectivity index (χ1v) is 7.59. The zero-order chi connectivity index (χ0) is 15.2. The molecule has 3 fully saturated rings. The van der Waals surface area contributed by atoms with Gasteiger partial charge >= 0.3 is 0 Å². The molecule has 3 heteroatoms. The van der Waals surface area contributed by atoms with Crippen LogP contribution in [0.15, 0.2) is 18.2 Å². The summed E-state index contributed by atoms with van der Waals surface area (Å²) >= 11 is 0. The third kappa shape index (κ3) is 2.00. The molecule has 21 heavy (non-hydrogen) atoms. The van der Waals surface area contributed by atoms with Crippen LogP contribution >= 0.6 is 0 Å². The summed E-state index contributed by atoms with van der Waals surface area (Å²) in [5, 5.41) is 18.4. The summed E-state index contributed by atoms with van der Waals surface area (Å²) in [6, 6.07) is 9.42. The molecule has 0 radical (unpaired) electrons. The molecule has 0 spiro atoms. The lowest BCUT2D eigenvalue weighted by Gasteiger charge is -2.61. The number of fused-ring (bicyclic) bond motifs is 2. The van der Waals surface area contributed by atoms with Gasteiger partial charge < -0.3 is 4.74 Å². The molecule has 0 amide bonds. The van der Waals surface area contributed by atoms with E-state index in [-0.39, 0.29) is 6.10 Å². The second-order valence-electron chi connectivity index (χ2n) is 7.01. The number of hydrogen-bond acceptors (Lipinski definition) is 3. The Morgan fingerprint density at radius 2 is 1.95 bits per heavy atom.